The van der Waals surface area contributed by atoms with Gasteiger partial charge in [-0.2, -0.15) is 4.31 Å². The van der Waals surface area contributed by atoms with E-state index in [9.17, 15) is 8.42 Å². The third-order valence-electron chi connectivity index (χ3n) is 4.31. The largest absolute Gasteiger partial charge is 0.296 e. The average Bonchev–Trinajstić information content (AvgIpc) is 2.59. The fourth-order valence-electron chi connectivity index (χ4n) is 2.90. The van der Waals surface area contributed by atoms with Crippen molar-refractivity contribution in [2.45, 2.75) is 12.3 Å². The van der Waals surface area contributed by atoms with Crippen LogP contribution < -0.4 is 0 Å². The van der Waals surface area contributed by atoms with E-state index >= 15 is 0 Å². The monoisotopic (exact) mass is 398 g/mol. The van der Waals surface area contributed by atoms with Crippen LogP contribution in [0.15, 0.2) is 48.5 Å². The Hall–Kier alpha value is -1.11. The van der Waals surface area contributed by atoms with Crippen LogP contribution in [0.1, 0.15) is 11.1 Å². The predicted octanol–water partition coefficient (Wildman–Crippen LogP) is 3.64. The molecule has 0 bridgehead atoms. The quantitative estimate of drug-likeness (QED) is 0.771. The van der Waals surface area contributed by atoms with Crippen molar-refractivity contribution >= 4 is 33.2 Å². The van der Waals surface area contributed by atoms with Gasteiger partial charge in [0.1, 0.15) is 0 Å². The molecule has 0 amide bonds. The zero-order chi connectivity index (χ0) is 17.9. The van der Waals surface area contributed by atoms with Gasteiger partial charge in [0.05, 0.1) is 5.75 Å². The summed E-state index contributed by atoms with van der Waals surface area (Å²) >= 11 is 11.8. The molecule has 1 aliphatic heterocycles. The third kappa shape index (κ3) is 5.19. The normalized spacial score (nSPS) is 16.9. The van der Waals surface area contributed by atoms with Crippen molar-refractivity contribution in [2.24, 2.45) is 0 Å². The fourth-order valence-corrected chi connectivity index (χ4v) is 4.66. The molecule has 2 aromatic carbocycles. The van der Waals surface area contributed by atoms with Gasteiger partial charge in [-0.25, -0.2) is 8.42 Å². The Morgan fingerprint density at radius 2 is 1.24 bits per heavy atom. The molecule has 1 aliphatic rings. The summed E-state index contributed by atoms with van der Waals surface area (Å²) in [7, 11) is -3.31. The highest BCUT2D eigenvalue weighted by Gasteiger charge is 2.27. The van der Waals surface area contributed by atoms with Crippen molar-refractivity contribution in [1.82, 2.24) is 9.21 Å². The smallest absolute Gasteiger partial charge is 0.218 e. The minimum absolute atomic E-state index is 0.0152. The SMILES string of the molecule is O=S(=O)(Cc1ccc(Cl)cc1)N1CCN(Cc2ccc(Cl)cc2)CC1. The second kappa shape index (κ2) is 8.06. The molecular formula is C18H20Cl2N2O2S. The molecule has 1 fully saturated rings. The number of hydrogen-bond acceptors (Lipinski definition) is 3. The van der Waals surface area contributed by atoms with Crippen molar-refractivity contribution in [2.75, 3.05) is 26.2 Å². The lowest BCUT2D eigenvalue weighted by Gasteiger charge is -2.34. The summed E-state index contributed by atoms with van der Waals surface area (Å²) in [6.45, 7) is 3.29. The van der Waals surface area contributed by atoms with Crippen molar-refractivity contribution in [1.29, 1.82) is 0 Å². The highest BCUT2D eigenvalue weighted by Crippen LogP contribution is 2.17. The lowest BCUT2D eigenvalue weighted by Crippen LogP contribution is -2.48. The summed E-state index contributed by atoms with van der Waals surface area (Å²) < 4.78 is 26.8. The van der Waals surface area contributed by atoms with Crippen LogP contribution in [0.2, 0.25) is 10.0 Å². The van der Waals surface area contributed by atoms with Gasteiger partial charge in [-0.1, -0.05) is 47.5 Å². The molecule has 0 spiro atoms. The summed E-state index contributed by atoms with van der Waals surface area (Å²) in [5.41, 5.74) is 1.94. The first-order valence-corrected chi connectivity index (χ1v) is 10.5. The minimum atomic E-state index is -3.31. The first-order valence-electron chi connectivity index (χ1n) is 8.11. The van der Waals surface area contributed by atoms with Crippen molar-refractivity contribution in [3.8, 4) is 0 Å². The van der Waals surface area contributed by atoms with E-state index in [0.717, 1.165) is 30.2 Å². The van der Waals surface area contributed by atoms with E-state index in [-0.39, 0.29) is 5.75 Å². The van der Waals surface area contributed by atoms with Crippen LogP contribution in [0.25, 0.3) is 0 Å². The van der Waals surface area contributed by atoms with E-state index in [2.05, 4.69) is 4.90 Å². The Labute approximate surface area is 159 Å². The minimum Gasteiger partial charge on any atom is -0.296 e. The molecule has 0 saturated carbocycles. The van der Waals surface area contributed by atoms with E-state index in [4.69, 9.17) is 23.2 Å². The Bertz CT molecular complexity index is 800. The molecular weight excluding hydrogens is 379 g/mol. The molecule has 1 saturated heterocycles. The molecule has 0 radical (unpaired) electrons. The number of piperazine rings is 1. The van der Waals surface area contributed by atoms with Crippen molar-refractivity contribution < 1.29 is 8.42 Å². The van der Waals surface area contributed by atoms with Gasteiger partial charge in [-0.3, -0.25) is 4.90 Å². The molecule has 0 aliphatic carbocycles. The van der Waals surface area contributed by atoms with Crippen LogP contribution in [-0.4, -0.2) is 43.8 Å². The molecule has 3 rings (SSSR count). The van der Waals surface area contributed by atoms with Gasteiger partial charge in [-0.05, 0) is 35.4 Å². The summed E-state index contributed by atoms with van der Waals surface area (Å²) in [5.74, 6) is 0.0152. The maximum Gasteiger partial charge on any atom is 0.218 e. The van der Waals surface area contributed by atoms with Crippen LogP contribution in [0.5, 0.6) is 0 Å². The Morgan fingerprint density at radius 3 is 1.76 bits per heavy atom. The second-order valence-corrected chi connectivity index (χ2v) is 9.03. The lowest BCUT2D eigenvalue weighted by molar-refractivity contribution is 0.181. The van der Waals surface area contributed by atoms with Gasteiger partial charge in [0.15, 0.2) is 0 Å². The van der Waals surface area contributed by atoms with Gasteiger partial charge in [0, 0.05) is 42.8 Å². The number of benzene rings is 2. The Morgan fingerprint density at radius 1 is 0.760 bits per heavy atom. The summed E-state index contributed by atoms with van der Waals surface area (Å²) in [6.07, 6.45) is 0. The summed E-state index contributed by atoms with van der Waals surface area (Å²) in [5, 5.41) is 1.33. The predicted molar refractivity (Wildman–Crippen MR) is 102 cm³/mol. The molecule has 0 atom stereocenters. The molecule has 2 aromatic rings. The highest BCUT2D eigenvalue weighted by molar-refractivity contribution is 7.88. The van der Waals surface area contributed by atoms with E-state index in [1.807, 2.05) is 24.3 Å². The van der Waals surface area contributed by atoms with Crippen LogP contribution in [0.3, 0.4) is 0 Å². The Balaban J connectivity index is 1.55. The van der Waals surface area contributed by atoms with Crippen LogP contribution >= 0.6 is 23.2 Å². The molecule has 0 unspecified atom stereocenters. The zero-order valence-corrected chi connectivity index (χ0v) is 16.1. The molecule has 4 nitrogen and oxygen atoms in total. The highest BCUT2D eigenvalue weighted by atomic mass is 35.5. The molecule has 0 aromatic heterocycles. The topological polar surface area (TPSA) is 40.6 Å². The van der Waals surface area contributed by atoms with Crippen molar-refractivity contribution in [3.63, 3.8) is 0 Å². The first-order chi connectivity index (χ1) is 11.9. The number of sulfonamides is 1. The molecule has 134 valence electrons. The molecule has 0 N–H and O–H groups in total. The summed E-state index contributed by atoms with van der Waals surface area (Å²) in [6, 6.07) is 14.7. The first kappa shape index (κ1) is 18.7. The van der Waals surface area contributed by atoms with Crippen LogP contribution in [0.4, 0.5) is 0 Å². The number of hydrogen-bond donors (Lipinski definition) is 0. The third-order valence-corrected chi connectivity index (χ3v) is 6.66. The fraction of sp³-hybridized carbons (Fsp3) is 0.333. The van der Waals surface area contributed by atoms with Gasteiger partial charge in [0.2, 0.25) is 10.0 Å². The average molecular weight is 399 g/mol. The zero-order valence-electron chi connectivity index (χ0n) is 13.7. The number of nitrogens with zero attached hydrogens (tertiary/aromatic N) is 2. The standard InChI is InChI=1S/C18H20Cl2N2O2S/c19-17-5-1-15(2-6-17)13-21-9-11-22(12-10-21)25(23,24)14-16-3-7-18(20)8-4-16/h1-8H,9-14H2. The molecule has 7 heteroatoms. The number of halogens is 2. The van der Waals surface area contributed by atoms with Crippen molar-refractivity contribution in [3.05, 3.63) is 69.7 Å². The van der Waals surface area contributed by atoms with E-state index in [1.165, 1.54) is 5.56 Å². The van der Waals surface area contributed by atoms with E-state index in [0.29, 0.717) is 18.1 Å². The van der Waals surface area contributed by atoms with E-state index in [1.54, 1.807) is 28.6 Å². The molecule has 25 heavy (non-hydrogen) atoms. The van der Waals surface area contributed by atoms with E-state index < -0.39 is 10.0 Å². The maximum absolute atomic E-state index is 12.6. The second-order valence-electron chi connectivity index (χ2n) is 6.18. The van der Waals surface area contributed by atoms with Gasteiger partial charge in [-0.15, -0.1) is 0 Å². The van der Waals surface area contributed by atoms with Crippen LogP contribution in [0, 0.1) is 0 Å². The number of rotatable bonds is 5. The lowest BCUT2D eigenvalue weighted by atomic mass is 10.2. The maximum atomic E-state index is 12.6. The summed E-state index contributed by atoms with van der Waals surface area (Å²) in [4.78, 5) is 2.26. The van der Waals surface area contributed by atoms with Gasteiger partial charge < -0.3 is 0 Å². The van der Waals surface area contributed by atoms with Crippen LogP contribution in [-0.2, 0) is 22.3 Å². The van der Waals surface area contributed by atoms with Gasteiger partial charge >= 0.3 is 0 Å². The Kier molecular flexibility index (Phi) is 6.02. The molecule has 1 heterocycles. The van der Waals surface area contributed by atoms with Gasteiger partial charge in [0.25, 0.3) is 0 Å².